The summed E-state index contributed by atoms with van der Waals surface area (Å²) >= 11 is 0. The number of carbonyl (C=O) groups excluding carboxylic acids is 1. The highest BCUT2D eigenvalue weighted by atomic mass is 16.1. The fourth-order valence-electron chi connectivity index (χ4n) is 1.85. The molecule has 22 heavy (non-hydrogen) atoms. The van der Waals surface area contributed by atoms with Gasteiger partial charge in [0.05, 0.1) is 11.9 Å². The fourth-order valence-corrected chi connectivity index (χ4v) is 1.85. The van der Waals surface area contributed by atoms with Gasteiger partial charge < -0.3 is 11.1 Å². The molecule has 0 saturated heterocycles. The van der Waals surface area contributed by atoms with Gasteiger partial charge >= 0.3 is 0 Å². The Hall–Kier alpha value is -3.35. The smallest absolute Gasteiger partial charge is 0.271 e. The van der Waals surface area contributed by atoms with Gasteiger partial charge in [-0.15, -0.1) is 0 Å². The van der Waals surface area contributed by atoms with Gasteiger partial charge in [-0.3, -0.25) is 9.78 Å². The molecule has 0 aromatic carbocycles. The number of nitrogens with zero attached hydrogens (tertiary/aromatic N) is 4. The molecule has 3 rings (SSSR count). The molecule has 1 amide bonds. The Balaban J connectivity index is 2.03. The SMILES string of the molecule is NC(=O)c1ncc(-c2ccccn2)nc1Nc1ccccn1. The number of hydrogen-bond donors (Lipinski definition) is 2. The van der Waals surface area contributed by atoms with Crippen molar-refractivity contribution in [3.05, 3.63) is 60.7 Å². The van der Waals surface area contributed by atoms with Crippen molar-refractivity contribution in [2.75, 3.05) is 5.32 Å². The van der Waals surface area contributed by atoms with Crippen molar-refractivity contribution >= 4 is 17.5 Å². The first-order valence-corrected chi connectivity index (χ1v) is 6.50. The van der Waals surface area contributed by atoms with E-state index in [4.69, 9.17) is 5.73 Å². The molecule has 3 aromatic rings. The number of rotatable bonds is 4. The normalized spacial score (nSPS) is 10.2. The monoisotopic (exact) mass is 292 g/mol. The second-order valence-electron chi connectivity index (χ2n) is 4.37. The van der Waals surface area contributed by atoms with Crippen molar-refractivity contribution < 1.29 is 4.79 Å². The first-order chi connectivity index (χ1) is 10.7. The minimum absolute atomic E-state index is 0.0466. The van der Waals surface area contributed by atoms with Crippen LogP contribution in [0.3, 0.4) is 0 Å². The summed E-state index contributed by atoms with van der Waals surface area (Å²) in [4.78, 5) is 28.3. The molecule has 0 aliphatic carbocycles. The Kier molecular flexibility index (Phi) is 3.69. The molecule has 0 spiro atoms. The van der Waals surface area contributed by atoms with Gasteiger partial charge in [0.1, 0.15) is 11.5 Å². The van der Waals surface area contributed by atoms with Gasteiger partial charge in [-0.2, -0.15) is 0 Å². The third-order valence-corrected chi connectivity index (χ3v) is 2.84. The molecule has 108 valence electrons. The lowest BCUT2D eigenvalue weighted by atomic mass is 10.2. The number of hydrogen-bond acceptors (Lipinski definition) is 6. The molecular weight excluding hydrogens is 280 g/mol. The fraction of sp³-hybridized carbons (Fsp3) is 0. The lowest BCUT2D eigenvalue weighted by Crippen LogP contribution is -2.17. The minimum Gasteiger partial charge on any atom is -0.364 e. The van der Waals surface area contributed by atoms with Crippen LogP contribution in [0.1, 0.15) is 10.5 Å². The maximum Gasteiger partial charge on any atom is 0.271 e. The van der Waals surface area contributed by atoms with Gasteiger partial charge in [-0.1, -0.05) is 12.1 Å². The number of pyridine rings is 2. The third kappa shape index (κ3) is 2.88. The van der Waals surface area contributed by atoms with Crippen LogP contribution in [-0.4, -0.2) is 25.8 Å². The number of carbonyl (C=O) groups is 1. The van der Waals surface area contributed by atoms with E-state index >= 15 is 0 Å². The standard InChI is InChI=1S/C15H12N6O/c16-14(22)13-15(21-12-6-2-4-8-18-12)20-11(9-19-13)10-5-1-3-7-17-10/h1-9H,(H2,16,22)(H,18,20,21). The van der Waals surface area contributed by atoms with E-state index in [9.17, 15) is 4.79 Å². The summed E-state index contributed by atoms with van der Waals surface area (Å²) in [5.41, 5.74) is 6.57. The quantitative estimate of drug-likeness (QED) is 0.759. The summed E-state index contributed by atoms with van der Waals surface area (Å²) in [7, 11) is 0. The molecular formula is C15H12N6O. The van der Waals surface area contributed by atoms with Crippen LogP contribution in [0.25, 0.3) is 11.4 Å². The van der Waals surface area contributed by atoms with E-state index in [0.717, 1.165) is 0 Å². The van der Waals surface area contributed by atoms with E-state index in [1.165, 1.54) is 6.20 Å². The van der Waals surface area contributed by atoms with Crippen molar-refractivity contribution in [1.29, 1.82) is 0 Å². The van der Waals surface area contributed by atoms with E-state index in [-0.39, 0.29) is 11.5 Å². The Morgan fingerprint density at radius 2 is 1.73 bits per heavy atom. The van der Waals surface area contributed by atoms with Gasteiger partial charge in [0.2, 0.25) is 0 Å². The molecule has 3 N–H and O–H groups in total. The molecule has 3 aromatic heterocycles. The van der Waals surface area contributed by atoms with Gasteiger partial charge in [0.15, 0.2) is 11.5 Å². The summed E-state index contributed by atoms with van der Waals surface area (Å²) in [6, 6.07) is 10.8. The minimum atomic E-state index is -0.668. The van der Waals surface area contributed by atoms with Crippen LogP contribution in [-0.2, 0) is 0 Å². The Bertz CT molecular complexity index is 792. The first kappa shape index (κ1) is 13.6. The third-order valence-electron chi connectivity index (χ3n) is 2.84. The zero-order valence-corrected chi connectivity index (χ0v) is 11.5. The van der Waals surface area contributed by atoms with Crippen LogP contribution in [0.5, 0.6) is 0 Å². The molecule has 3 heterocycles. The highest BCUT2D eigenvalue weighted by molar-refractivity contribution is 5.96. The predicted molar refractivity (Wildman–Crippen MR) is 81.3 cm³/mol. The van der Waals surface area contributed by atoms with Crippen LogP contribution in [0, 0.1) is 0 Å². The second-order valence-corrected chi connectivity index (χ2v) is 4.37. The number of primary amides is 1. The maximum absolute atomic E-state index is 11.5. The second kappa shape index (κ2) is 5.96. The van der Waals surface area contributed by atoms with Crippen molar-refractivity contribution in [3.63, 3.8) is 0 Å². The molecule has 0 radical (unpaired) electrons. The van der Waals surface area contributed by atoms with Crippen molar-refractivity contribution in [1.82, 2.24) is 19.9 Å². The summed E-state index contributed by atoms with van der Waals surface area (Å²) in [5.74, 6) is 0.116. The topological polar surface area (TPSA) is 107 Å². The summed E-state index contributed by atoms with van der Waals surface area (Å²) in [5, 5.41) is 2.95. The molecule has 0 bridgehead atoms. The maximum atomic E-state index is 11.5. The van der Waals surface area contributed by atoms with Gasteiger partial charge in [-0.05, 0) is 24.3 Å². The highest BCUT2D eigenvalue weighted by Gasteiger charge is 2.14. The molecule has 0 fully saturated rings. The van der Waals surface area contributed by atoms with Gasteiger partial charge in [0.25, 0.3) is 5.91 Å². The molecule has 0 saturated carbocycles. The number of anilines is 2. The van der Waals surface area contributed by atoms with Crippen LogP contribution in [0.15, 0.2) is 55.0 Å². The summed E-state index contributed by atoms with van der Waals surface area (Å²) < 4.78 is 0. The van der Waals surface area contributed by atoms with E-state index in [2.05, 4.69) is 25.3 Å². The highest BCUT2D eigenvalue weighted by Crippen LogP contribution is 2.20. The molecule has 0 unspecified atom stereocenters. The number of nitrogens with two attached hydrogens (primary N) is 1. The molecule has 7 heteroatoms. The average Bonchev–Trinajstić information content (AvgIpc) is 2.56. The lowest BCUT2D eigenvalue weighted by Gasteiger charge is -2.09. The van der Waals surface area contributed by atoms with E-state index in [1.807, 2.05) is 18.2 Å². The first-order valence-electron chi connectivity index (χ1n) is 6.50. The van der Waals surface area contributed by atoms with Crippen LogP contribution in [0.2, 0.25) is 0 Å². The number of aromatic nitrogens is 4. The Morgan fingerprint density at radius 3 is 2.36 bits per heavy atom. The van der Waals surface area contributed by atoms with Crippen molar-refractivity contribution in [2.24, 2.45) is 5.73 Å². The van der Waals surface area contributed by atoms with Crippen molar-refractivity contribution in [2.45, 2.75) is 0 Å². The van der Waals surface area contributed by atoms with Gasteiger partial charge in [-0.25, -0.2) is 15.0 Å². The molecule has 0 atom stereocenters. The summed E-state index contributed by atoms with van der Waals surface area (Å²) in [6.07, 6.45) is 4.75. The number of amides is 1. The van der Waals surface area contributed by atoms with Crippen LogP contribution >= 0.6 is 0 Å². The molecule has 7 nitrogen and oxygen atoms in total. The number of nitrogens with one attached hydrogen (secondary N) is 1. The predicted octanol–water partition coefficient (Wildman–Crippen LogP) is 1.78. The summed E-state index contributed by atoms with van der Waals surface area (Å²) in [6.45, 7) is 0. The average molecular weight is 292 g/mol. The Labute approximate surface area is 126 Å². The zero-order valence-electron chi connectivity index (χ0n) is 11.5. The molecule has 0 aliphatic heterocycles. The van der Waals surface area contributed by atoms with Crippen LogP contribution in [0.4, 0.5) is 11.6 Å². The Morgan fingerprint density at radius 1 is 0.955 bits per heavy atom. The van der Waals surface area contributed by atoms with Crippen LogP contribution < -0.4 is 11.1 Å². The van der Waals surface area contributed by atoms with E-state index < -0.39 is 5.91 Å². The van der Waals surface area contributed by atoms with E-state index in [1.54, 1.807) is 30.6 Å². The van der Waals surface area contributed by atoms with E-state index in [0.29, 0.717) is 17.2 Å². The zero-order chi connectivity index (χ0) is 15.4. The lowest BCUT2D eigenvalue weighted by molar-refractivity contribution is 0.0996. The van der Waals surface area contributed by atoms with Gasteiger partial charge in [0, 0.05) is 12.4 Å². The largest absolute Gasteiger partial charge is 0.364 e. The molecule has 0 aliphatic rings. The van der Waals surface area contributed by atoms with Crippen molar-refractivity contribution in [3.8, 4) is 11.4 Å².